The van der Waals surface area contributed by atoms with Gasteiger partial charge in [-0.2, -0.15) is 0 Å². The van der Waals surface area contributed by atoms with Crippen LogP contribution in [0.4, 0.5) is 0 Å². The number of rotatable bonds is 4. The largest absolute Gasteiger partial charge is 0.349 e. The molecule has 1 amide bonds. The second-order valence-corrected chi connectivity index (χ2v) is 5.97. The van der Waals surface area contributed by atoms with Crippen molar-refractivity contribution in [1.82, 2.24) is 14.9 Å². The molecule has 0 aliphatic heterocycles. The SMILES string of the molecule is Cn1c(CNC(=O)Cc2cccs2)nc2ccccc2c1=O. The highest BCUT2D eigenvalue weighted by Crippen LogP contribution is 2.09. The van der Waals surface area contributed by atoms with Crippen molar-refractivity contribution in [2.45, 2.75) is 13.0 Å². The summed E-state index contributed by atoms with van der Waals surface area (Å²) >= 11 is 1.55. The van der Waals surface area contributed by atoms with Crippen molar-refractivity contribution >= 4 is 28.1 Å². The summed E-state index contributed by atoms with van der Waals surface area (Å²) in [6, 6.07) is 11.1. The molecule has 0 aliphatic rings. The smallest absolute Gasteiger partial charge is 0.261 e. The number of benzene rings is 1. The average molecular weight is 313 g/mol. The molecule has 112 valence electrons. The summed E-state index contributed by atoms with van der Waals surface area (Å²) in [6.07, 6.45) is 0.346. The van der Waals surface area contributed by atoms with Crippen LogP contribution in [0.1, 0.15) is 10.7 Å². The van der Waals surface area contributed by atoms with E-state index in [1.165, 1.54) is 4.57 Å². The fourth-order valence-corrected chi connectivity index (χ4v) is 2.94. The van der Waals surface area contributed by atoms with Crippen molar-refractivity contribution in [3.8, 4) is 0 Å². The standard InChI is InChI=1S/C16H15N3O2S/c1-19-14(10-17-15(20)9-11-5-4-8-22-11)18-13-7-3-2-6-12(13)16(19)21/h2-8H,9-10H2,1H3,(H,17,20). The number of carbonyl (C=O) groups excluding carboxylic acids is 1. The lowest BCUT2D eigenvalue weighted by atomic mass is 10.2. The molecule has 3 rings (SSSR count). The summed E-state index contributed by atoms with van der Waals surface area (Å²) in [5.74, 6) is 0.466. The number of carbonyl (C=O) groups is 1. The quantitative estimate of drug-likeness (QED) is 0.799. The number of hydrogen-bond acceptors (Lipinski definition) is 4. The Kier molecular flexibility index (Phi) is 4.02. The van der Waals surface area contributed by atoms with Gasteiger partial charge in [0, 0.05) is 11.9 Å². The first-order valence-corrected chi connectivity index (χ1v) is 7.77. The van der Waals surface area contributed by atoms with Crippen LogP contribution in [-0.4, -0.2) is 15.5 Å². The Labute approximate surface area is 131 Å². The van der Waals surface area contributed by atoms with E-state index in [0.717, 1.165) is 4.88 Å². The molecule has 22 heavy (non-hydrogen) atoms. The lowest BCUT2D eigenvalue weighted by Gasteiger charge is -2.10. The van der Waals surface area contributed by atoms with Crippen molar-refractivity contribution in [2.75, 3.05) is 0 Å². The molecule has 2 heterocycles. The van der Waals surface area contributed by atoms with Crippen LogP contribution >= 0.6 is 11.3 Å². The zero-order valence-electron chi connectivity index (χ0n) is 12.1. The van der Waals surface area contributed by atoms with Gasteiger partial charge in [-0.3, -0.25) is 14.2 Å². The Morgan fingerprint density at radius 3 is 2.86 bits per heavy atom. The number of aromatic nitrogens is 2. The topological polar surface area (TPSA) is 64.0 Å². The van der Waals surface area contributed by atoms with Crippen LogP contribution < -0.4 is 10.9 Å². The number of nitrogens with one attached hydrogen (secondary N) is 1. The third kappa shape index (κ3) is 2.92. The molecule has 1 aromatic carbocycles. The van der Waals surface area contributed by atoms with E-state index in [-0.39, 0.29) is 18.0 Å². The molecule has 0 atom stereocenters. The number of amides is 1. The molecule has 0 saturated heterocycles. The molecule has 5 nitrogen and oxygen atoms in total. The third-order valence-electron chi connectivity index (χ3n) is 3.43. The van der Waals surface area contributed by atoms with Crippen molar-refractivity contribution < 1.29 is 4.79 Å². The van der Waals surface area contributed by atoms with Gasteiger partial charge in [-0.05, 0) is 23.6 Å². The highest BCUT2D eigenvalue weighted by atomic mass is 32.1. The first-order chi connectivity index (χ1) is 10.6. The van der Waals surface area contributed by atoms with Gasteiger partial charge in [-0.15, -0.1) is 11.3 Å². The van der Waals surface area contributed by atoms with Crippen LogP contribution in [0.15, 0.2) is 46.6 Å². The van der Waals surface area contributed by atoms with E-state index in [1.807, 2.05) is 29.6 Å². The van der Waals surface area contributed by atoms with Crippen LogP contribution in [0.3, 0.4) is 0 Å². The molecule has 0 aliphatic carbocycles. The van der Waals surface area contributed by atoms with E-state index in [9.17, 15) is 9.59 Å². The molecule has 0 unspecified atom stereocenters. The zero-order valence-corrected chi connectivity index (χ0v) is 12.9. The highest BCUT2D eigenvalue weighted by Gasteiger charge is 2.09. The summed E-state index contributed by atoms with van der Waals surface area (Å²) in [5.41, 5.74) is 0.543. The lowest BCUT2D eigenvalue weighted by molar-refractivity contribution is -0.120. The fraction of sp³-hybridized carbons (Fsp3) is 0.188. The lowest BCUT2D eigenvalue weighted by Crippen LogP contribution is -2.30. The van der Waals surface area contributed by atoms with Crippen molar-refractivity contribution in [3.63, 3.8) is 0 Å². The van der Waals surface area contributed by atoms with Gasteiger partial charge in [0.25, 0.3) is 5.56 Å². The van der Waals surface area contributed by atoms with Crippen molar-refractivity contribution in [3.05, 3.63) is 62.8 Å². The predicted octanol–water partition coefficient (Wildman–Crippen LogP) is 1.85. The van der Waals surface area contributed by atoms with E-state index in [1.54, 1.807) is 30.5 Å². The molecule has 0 spiro atoms. The van der Waals surface area contributed by atoms with Gasteiger partial charge < -0.3 is 5.32 Å². The molecule has 3 aromatic rings. The Hall–Kier alpha value is -2.47. The molecular weight excluding hydrogens is 298 g/mol. The maximum Gasteiger partial charge on any atom is 0.261 e. The molecule has 1 N–H and O–H groups in total. The van der Waals surface area contributed by atoms with Gasteiger partial charge in [-0.25, -0.2) is 4.98 Å². The summed E-state index contributed by atoms with van der Waals surface area (Å²) in [5, 5.41) is 5.34. The van der Waals surface area contributed by atoms with E-state index < -0.39 is 0 Å². The fourth-order valence-electron chi connectivity index (χ4n) is 2.23. The van der Waals surface area contributed by atoms with Gasteiger partial charge >= 0.3 is 0 Å². The van der Waals surface area contributed by atoms with Crippen LogP contribution in [0.2, 0.25) is 0 Å². The normalized spacial score (nSPS) is 10.8. The maximum absolute atomic E-state index is 12.3. The zero-order chi connectivity index (χ0) is 15.5. The van der Waals surface area contributed by atoms with E-state index in [0.29, 0.717) is 23.1 Å². The van der Waals surface area contributed by atoms with Crippen LogP contribution in [0.25, 0.3) is 10.9 Å². The molecular formula is C16H15N3O2S. The van der Waals surface area contributed by atoms with Gasteiger partial charge in [0.2, 0.25) is 5.91 Å². The number of para-hydroxylation sites is 1. The number of fused-ring (bicyclic) bond motifs is 1. The van der Waals surface area contributed by atoms with E-state index in [4.69, 9.17) is 0 Å². The molecule has 0 saturated carbocycles. The van der Waals surface area contributed by atoms with Gasteiger partial charge in [0.05, 0.1) is 23.9 Å². The first kappa shape index (κ1) is 14.5. The van der Waals surface area contributed by atoms with E-state index >= 15 is 0 Å². The highest BCUT2D eigenvalue weighted by molar-refractivity contribution is 7.10. The summed E-state index contributed by atoms with van der Waals surface area (Å²) in [6.45, 7) is 0.237. The van der Waals surface area contributed by atoms with Gasteiger partial charge in [0.15, 0.2) is 0 Å². The first-order valence-electron chi connectivity index (χ1n) is 6.89. The summed E-state index contributed by atoms with van der Waals surface area (Å²) in [4.78, 5) is 29.7. The van der Waals surface area contributed by atoms with Gasteiger partial charge in [0.1, 0.15) is 5.82 Å². The Balaban J connectivity index is 1.78. The molecule has 0 radical (unpaired) electrons. The minimum absolute atomic E-state index is 0.0788. The van der Waals surface area contributed by atoms with E-state index in [2.05, 4.69) is 10.3 Å². The minimum atomic E-state index is -0.104. The average Bonchev–Trinajstić information content (AvgIpc) is 3.02. The predicted molar refractivity (Wildman–Crippen MR) is 86.9 cm³/mol. The van der Waals surface area contributed by atoms with Crippen LogP contribution in [0.5, 0.6) is 0 Å². The third-order valence-corrected chi connectivity index (χ3v) is 4.31. The molecule has 0 fully saturated rings. The number of nitrogens with zero attached hydrogens (tertiary/aromatic N) is 2. The monoisotopic (exact) mass is 313 g/mol. The minimum Gasteiger partial charge on any atom is -0.349 e. The molecule has 0 bridgehead atoms. The second-order valence-electron chi connectivity index (χ2n) is 4.94. The van der Waals surface area contributed by atoms with Crippen LogP contribution in [-0.2, 0) is 24.8 Å². The Morgan fingerprint density at radius 1 is 1.27 bits per heavy atom. The summed E-state index contributed by atoms with van der Waals surface area (Å²) < 4.78 is 1.48. The number of hydrogen-bond donors (Lipinski definition) is 1. The molecule has 2 aromatic heterocycles. The Bertz CT molecular complexity index is 869. The summed E-state index contributed by atoms with van der Waals surface area (Å²) in [7, 11) is 1.67. The molecule has 6 heteroatoms. The van der Waals surface area contributed by atoms with Crippen LogP contribution in [0, 0.1) is 0 Å². The number of thiophene rings is 1. The van der Waals surface area contributed by atoms with Gasteiger partial charge in [-0.1, -0.05) is 18.2 Å². The van der Waals surface area contributed by atoms with Crippen molar-refractivity contribution in [2.24, 2.45) is 7.05 Å². The maximum atomic E-state index is 12.3. The van der Waals surface area contributed by atoms with Crippen molar-refractivity contribution in [1.29, 1.82) is 0 Å². The second kappa shape index (κ2) is 6.11. The Morgan fingerprint density at radius 2 is 2.09 bits per heavy atom.